The van der Waals surface area contributed by atoms with Gasteiger partial charge in [-0.1, -0.05) is 25.2 Å². The van der Waals surface area contributed by atoms with E-state index in [1.54, 1.807) is 26.0 Å². The zero-order chi connectivity index (χ0) is 20.3. The van der Waals surface area contributed by atoms with E-state index in [2.05, 4.69) is 0 Å². The number of phenolic OH excluding ortho intramolecular Hbond substituents is 1. The van der Waals surface area contributed by atoms with Gasteiger partial charge in [-0.25, -0.2) is 4.79 Å². The van der Waals surface area contributed by atoms with Crippen molar-refractivity contribution >= 4 is 17.8 Å². The molecule has 0 amide bonds. The maximum absolute atomic E-state index is 12.7. The number of cyclic esters (lactones) is 1. The average molecular weight is 374 g/mol. The Morgan fingerprint density at radius 2 is 1.78 bits per heavy atom. The average Bonchev–Trinajstić information content (AvgIpc) is 2.61. The molecule has 3 N–H and O–H groups in total. The number of carbonyl (C=O) groups excluding carboxylic acids is 2. The van der Waals surface area contributed by atoms with Crippen molar-refractivity contribution in [1.82, 2.24) is 0 Å². The molecule has 2 rings (SSSR count). The van der Waals surface area contributed by atoms with Crippen LogP contribution in [0.5, 0.6) is 5.75 Å². The molecule has 146 valence electrons. The Kier molecular flexibility index (Phi) is 6.57. The van der Waals surface area contributed by atoms with E-state index in [4.69, 9.17) is 4.74 Å². The standard InChI is InChI=1S/C21H26O6/c1-11-8-9-17(23)20(25)16(22)7-5-6-15-13(3)12(2)10-18(24)19(15)21(26)27-14(11)4/h5-6,8-11,14,16,20,22,24-25H,7H2,1-4H3/b6-5+,9-8-/t11-,14+,16+,20+/m1/s1. The third kappa shape index (κ3) is 4.64. The van der Waals surface area contributed by atoms with Crippen molar-refractivity contribution in [3.05, 3.63) is 46.5 Å². The first-order valence-electron chi connectivity index (χ1n) is 8.92. The highest BCUT2D eigenvalue weighted by Crippen LogP contribution is 2.30. The van der Waals surface area contributed by atoms with Crippen molar-refractivity contribution in [2.75, 3.05) is 0 Å². The lowest BCUT2D eigenvalue weighted by Crippen LogP contribution is -2.32. The molecule has 27 heavy (non-hydrogen) atoms. The summed E-state index contributed by atoms with van der Waals surface area (Å²) >= 11 is 0. The Morgan fingerprint density at radius 1 is 1.11 bits per heavy atom. The number of aliphatic hydroxyl groups excluding tert-OH is 2. The Hall–Kier alpha value is -2.44. The zero-order valence-corrected chi connectivity index (χ0v) is 16.0. The van der Waals surface area contributed by atoms with Gasteiger partial charge in [0.05, 0.1) is 6.10 Å². The summed E-state index contributed by atoms with van der Waals surface area (Å²) in [4.78, 5) is 24.7. The minimum Gasteiger partial charge on any atom is -0.507 e. The highest BCUT2D eigenvalue weighted by molar-refractivity contribution is 5.97. The number of fused-ring (bicyclic) bond motifs is 1. The highest BCUT2D eigenvalue weighted by Gasteiger charge is 2.25. The summed E-state index contributed by atoms with van der Waals surface area (Å²) in [6, 6.07) is 1.51. The molecule has 0 radical (unpaired) electrons. The van der Waals surface area contributed by atoms with Crippen LogP contribution in [-0.4, -0.2) is 45.4 Å². The number of rotatable bonds is 0. The predicted molar refractivity (Wildman–Crippen MR) is 101 cm³/mol. The van der Waals surface area contributed by atoms with Crippen LogP contribution < -0.4 is 0 Å². The molecule has 6 nitrogen and oxygen atoms in total. The molecular formula is C21H26O6. The Bertz CT molecular complexity index is 792. The van der Waals surface area contributed by atoms with Gasteiger partial charge in [0.1, 0.15) is 23.5 Å². The first kappa shape index (κ1) is 20.9. The topological polar surface area (TPSA) is 104 Å². The summed E-state index contributed by atoms with van der Waals surface area (Å²) in [5, 5.41) is 30.4. The van der Waals surface area contributed by atoms with Crippen LogP contribution in [0.4, 0.5) is 0 Å². The number of phenols is 1. The summed E-state index contributed by atoms with van der Waals surface area (Å²) < 4.78 is 5.49. The van der Waals surface area contributed by atoms with Crippen LogP contribution >= 0.6 is 0 Å². The minimum atomic E-state index is -1.54. The lowest BCUT2D eigenvalue weighted by molar-refractivity contribution is -0.127. The van der Waals surface area contributed by atoms with Crippen molar-refractivity contribution in [3.63, 3.8) is 0 Å². The minimum absolute atomic E-state index is 0.00926. The van der Waals surface area contributed by atoms with Crippen LogP contribution in [0.2, 0.25) is 0 Å². The van der Waals surface area contributed by atoms with E-state index in [1.165, 1.54) is 18.2 Å². The smallest absolute Gasteiger partial charge is 0.342 e. The third-order valence-corrected chi connectivity index (χ3v) is 4.99. The van der Waals surface area contributed by atoms with E-state index in [1.807, 2.05) is 13.8 Å². The molecule has 0 bridgehead atoms. The van der Waals surface area contributed by atoms with Gasteiger partial charge in [0, 0.05) is 5.92 Å². The highest BCUT2D eigenvalue weighted by atomic mass is 16.5. The number of aliphatic hydroxyl groups is 2. The number of aryl methyl sites for hydroxylation is 1. The zero-order valence-electron chi connectivity index (χ0n) is 16.0. The van der Waals surface area contributed by atoms with Gasteiger partial charge in [0.2, 0.25) is 0 Å². The molecule has 0 aliphatic carbocycles. The van der Waals surface area contributed by atoms with Crippen molar-refractivity contribution in [3.8, 4) is 5.75 Å². The van der Waals surface area contributed by atoms with E-state index in [0.29, 0.717) is 5.56 Å². The van der Waals surface area contributed by atoms with Gasteiger partial charge in [-0.05, 0) is 56.0 Å². The van der Waals surface area contributed by atoms with Gasteiger partial charge < -0.3 is 20.1 Å². The fourth-order valence-corrected chi connectivity index (χ4v) is 2.83. The molecule has 1 aromatic rings. The predicted octanol–water partition coefficient (Wildman–Crippen LogP) is 2.45. The molecule has 4 atom stereocenters. The normalized spacial score (nSPS) is 29.4. The quantitative estimate of drug-likeness (QED) is 0.603. The van der Waals surface area contributed by atoms with E-state index in [0.717, 1.165) is 11.1 Å². The largest absolute Gasteiger partial charge is 0.507 e. The summed E-state index contributed by atoms with van der Waals surface area (Å²) in [5.41, 5.74) is 2.12. The van der Waals surface area contributed by atoms with Gasteiger partial charge in [-0.3, -0.25) is 4.79 Å². The molecular weight excluding hydrogens is 348 g/mol. The van der Waals surface area contributed by atoms with Gasteiger partial charge in [-0.2, -0.15) is 0 Å². The van der Waals surface area contributed by atoms with Gasteiger partial charge >= 0.3 is 5.97 Å². The molecule has 0 saturated heterocycles. The van der Waals surface area contributed by atoms with E-state index in [-0.39, 0.29) is 23.7 Å². The van der Waals surface area contributed by atoms with E-state index >= 15 is 0 Å². The van der Waals surface area contributed by atoms with Crippen LogP contribution in [0, 0.1) is 19.8 Å². The second-order valence-corrected chi connectivity index (χ2v) is 7.01. The number of ether oxygens (including phenoxy) is 1. The first-order valence-corrected chi connectivity index (χ1v) is 8.92. The summed E-state index contributed by atoms with van der Waals surface area (Å²) in [6.45, 7) is 7.07. The molecule has 0 aromatic heterocycles. The van der Waals surface area contributed by atoms with E-state index < -0.39 is 30.1 Å². The Labute approximate surface area is 158 Å². The molecule has 0 saturated carbocycles. The Balaban J connectivity index is 2.55. The monoisotopic (exact) mass is 374 g/mol. The lowest BCUT2D eigenvalue weighted by Gasteiger charge is -2.21. The van der Waals surface area contributed by atoms with Crippen molar-refractivity contribution in [2.45, 2.75) is 52.4 Å². The second kappa shape index (κ2) is 8.50. The van der Waals surface area contributed by atoms with Crippen LogP contribution in [0.25, 0.3) is 6.08 Å². The number of benzene rings is 1. The second-order valence-electron chi connectivity index (χ2n) is 7.01. The summed E-state index contributed by atoms with van der Waals surface area (Å²) in [7, 11) is 0. The van der Waals surface area contributed by atoms with Crippen LogP contribution in [0.15, 0.2) is 24.3 Å². The van der Waals surface area contributed by atoms with Gasteiger partial charge in [0.15, 0.2) is 5.78 Å². The number of carbonyl (C=O) groups is 2. The van der Waals surface area contributed by atoms with E-state index in [9.17, 15) is 24.9 Å². The molecule has 0 spiro atoms. The van der Waals surface area contributed by atoms with Crippen LogP contribution in [0.1, 0.15) is 47.3 Å². The fourth-order valence-electron chi connectivity index (χ4n) is 2.83. The van der Waals surface area contributed by atoms with Gasteiger partial charge in [0.25, 0.3) is 0 Å². The van der Waals surface area contributed by atoms with Crippen LogP contribution in [0.3, 0.4) is 0 Å². The van der Waals surface area contributed by atoms with Crippen molar-refractivity contribution in [2.24, 2.45) is 5.92 Å². The van der Waals surface area contributed by atoms with Crippen LogP contribution in [-0.2, 0) is 9.53 Å². The Morgan fingerprint density at radius 3 is 2.44 bits per heavy atom. The number of esters is 1. The number of ketones is 1. The molecule has 1 heterocycles. The number of aromatic hydroxyl groups is 1. The number of hydrogen-bond acceptors (Lipinski definition) is 6. The maximum Gasteiger partial charge on any atom is 0.342 e. The number of hydrogen-bond donors (Lipinski definition) is 3. The molecule has 6 heteroatoms. The third-order valence-electron chi connectivity index (χ3n) is 4.99. The first-order chi connectivity index (χ1) is 12.6. The molecule has 0 unspecified atom stereocenters. The lowest BCUT2D eigenvalue weighted by atomic mass is 9.94. The summed E-state index contributed by atoms with van der Waals surface area (Å²) in [5.74, 6) is -1.76. The van der Waals surface area contributed by atoms with Gasteiger partial charge in [-0.15, -0.1) is 0 Å². The molecule has 1 aliphatic heterocycles. The summed E-state index contributed by atoms with van der Waals surface area (Å²) in [6.07, 6.45) is 2.50. The van der Waals surface area contributed by atoms with Crippen molar-refractivity contribution < 1.29 is 29.6 Å². The molecule has 1 aliphatic rings. The SMILES string of the molecule is Cc1cc(O)c2c(c1C)/C=C/C[C@H](O)[C@H](O)C(=O)/C=C\[C@@H](C)[C@H](C)OC2=O. The fraction of sp³-hybridized carbons (Fsp3) is 0.429. The molecule has 1 aromatic carbocycles. The molecule has 0 fully saturated rings. The maximum atomic E-state index is 12.7. The van der Waals surface area contributed by atoms with Crippen molar-refractivity contribution in [1.29, 1.82) is 0 Å².